The Kier molecular flexibility index (Phi) is 4.27. The summed E-state index contributed by atoms with van der Waals surface area (Å²) in [6.45, 7) is 1.81. The third kappa shape index (κ3) is 2.76. The van der Waals surface area contributed by atoms with Crippen LogP contribution in [0.15, 0.2) is 39.5 Å². The number of aryl methyl sites for hydroxylation is 1. The van der Waals surface area contributed by atoms with E-state index in [-0.39, 0.29) is 28.2 Å². The maximum absolute atomic E-state index is 12.8. The van der Waals surface area contributed by atoms with Crippen LogP contribution in [0.2, 0.25) is 0 Å². The fourth-order valence-electron chi connectivity index (χ4n) is 2.77. The van der Waals surface area contributed by atoms with Crippen LogP contribution in [0.4, 0.5) is 0 Å². The van der Waals surface area contributed by atoms with Gasteiger partial charge < -0.3 is 23.7 Å². The van der Waals surface area contributed by atoms with Gasteiger partial charge in [0.1, 0.15) is 16.7 Å². The van der Waals surface area contributed by atoms with Gasteiger partial charge in [0.05, 0.1) is 21.3 Å². The number of hydrogen-bond acceptors (Lipinski definition) is 6. The molecule has 1 aromatic heterocycles. The Morgan fingerprint density at radius 1 is 0.960 bits per heavy atom. The molecule has 2 aromatic carbocycles. The maximum atomic E-state index is 12.8. The number of methoxy groups -OCH3 is 3. The molecule has 6 heteroatoms. The lowest BCUT2D eigenvalue weighted by molar-refractivity contribution is 0.355. The summed E-state index contributed by atoms with van der Waals surface area (Å²) in [7, 11) is 4.45. The summed E-state index contributed by atoms with van der Waals surface area (Å²) < 4.78 is 21.7. The van der Waals surface area contributed by atoms with Crippen LogP contribution in [-0.2, 0) is 0 Å². The molecule has 3 rings (SSSR count). The molecule has 1 N–H and O–H groups in total. The highest BCUT2D eigenvalue weighted by Crippen LogP contribution is 2.37. The Hall–Kier alpha value is -3.15. The molecule has 0 atom stereocenters. The second kappa shape index (κ2) is 6.39. The van der Waals surface area contributed by atoms with Crippen LogP contribution in [0, 0.1) is 6.92 Å². The van der Waals surface area contributed by atoms with Crippen LogP contribution >= 0.6 is 0 Å². The molecule has 6 nitrogen and oxygen atoms in total. The van der Waals surface area contributed by atoms with E-state index < -0.39 is 5.43 Å². The lowest BCUT2D eigenvalue weighted by Gasteiger charge is -2.12. The van der Waals surface area contributed by atoms with E-state index in [1.165, 1.54) is 20.3 Å². The van der Waals surface area contributed by atoms with Crippen LogP contribution in [0.3, 0.4) is 0 Å². The van der Waals surface area contributed by atoms with Gasteiger partial charge in [0.25, 0.3) is 0 Å². The van der Waals surface area contributed by atoms with Gasteiger partial charge in [-0.3, -0.25) is 4.79 Å². The molecule has 0 aliphatic carbocycles. The molecule has 25 heavy (non-hydrogen) atoms. The fraction of sp³-hybridized carbons (Fsp3) is 0.211. The number of rotatable bonds is 4. The summed E-state index contributed by atoms with van der Waals surface area (Å²) >= 11 is 0. The zero-order valence-corrected chi connectivity index (χ0v) is 14.4. The van der Waals surface area contributed by atoms with Gasteiger partial charge >= 0.3 is 0 Å². The molecule has 0 radical (unpaired) electrons. The number of fused-ring (bicyclic) bond motifs is 1. The SMILES string of the molecule is COc1ccc(-c2oc3cc(C)cc(O)c3c(=O)c2OC)cc1OC. The van der Waals surface area contributed by atoms with Gasteiger partial charge in [-0.2, -0.15) is 0 Å². The topological polar surface area (TPSA) is 78.1 Å². The van der Waals surface area contributed by atoms with E-state index in [0.29, 0.717) is 17.1 Å². The summed E-state index contributed by atoms with van der Waals surface area (Å²) in [6.07, 6.45) is 0. The van der Waals surface area contributed by atoms with Gasteiger partial charge in [-0.25, -0.2) is 0 Å². The van der Waals surface area contributed by atoms with E-state index in [4.69, 9.17) is 18.6 Å². The molecule has 0 amide bonds. The summed E-state index contributed by atoms with van der Waals surface area (Å²) in [6, 6.07) is 8.35. The van der Waals surface area contributed by atoms with Crippen LogP contribution in [0.25, 0.3) is 22.3 Å². The molecule has 1 heterocycles. The molecular weight excluding hydrogens is 324 g/mol. The van der Waals surface area contributed by atoms with Crippen molar-refractivity contribution in [3.63, 3.8) is 0 Å². The highest BCUT2D eigenvalue weighted by atomic mass is 16.5. The molecule has 0 fully saturated rings. The summed E-state index contributed by atoms with van der Waals surface area (Å²) in [5.74, 6) is 1.18. The van der Waals surface area contributed by atoms with Crippen molar-refractivity contribution >= 4 is 11.0 Å². The largest absolute Gasteiger partial charge is 0.507 e. The molecular formula is C19H18O6. The van der Waals surface area contributed by atoms with Crippen LogP contribution < -0.4 is 19.6 Å². The molecule has 0 unspecified atom stereocenters. The first kappa shape index (κ1) is 16.7. The minimum absolute atomic E-state index is 0.0128. The van der Waals surface area contributed by atoms with Crippen LogP contribution in [-0.4, -0.2) is 26.4 Å². The second-order valence-electron chi connectivity index (χ2n) is 5.52. The Morgan fingerprint density at radius 2 is 1.68 bits per heavy atom. The molecule has 0 spiro atoms. The number of benzene rings is 2. The monoisotopic (exact) mass is 342 g/mol. The number of phenolic OH excluding ortho intramolecular Hbond substituents is 1. The van der Waals surface area contributed by atoms with Gasteiger partial charge in [-0.05, 0) is 42.8 Å². The Morgan fingerprint density at radius 3 is 2.32 bits per heavy atom. The summed E-state index contributed by atoms with van der Waals surface area (Å²) in [5, 5.41) is 10.2. The molecule has 0 saturated carbocycles. The van der Waals surface area contributed by atoms with Crippen molar-refractivity contribution in [2.24, 2.45) is 0 Å². The maximum Gasteiger partial charge on any atom is 0.238 e. The van der Waals surface area contributed by atoms with Crippen molar-refractivity contribution in [3.8, 4) is 34.3 Å². The van der Waals surface area contributed by atoms with Crippen LogP contribution in [0.1, 0.15) is 5.56 Å². The average molecular weight is 342 g/mol. The highest BCUT2D eigenvalue weighted by Gasteiger charge is 2.20. The highest BCUT2D eigenvalue weighted by molar-refractivity contribution is 5.87. The molecule has 130 valence electrons. The first-order valence-electron chi connectivity index (χ1n) is 7.57. The predicted octanol–water partition coefficient (Wildman–Crippen LogP) is 3.50. The Balaban J connectivity index is 2.35. The van der Waals surface area contributed by atoms with E-state index >= 15 is 0 Å². The van der Waals surface area contributed by atoms with Crippen molar-refractivity contribution in [2.75, 3.05) is 21.3 Å². The number of hydrogen-bond donors (Lipinski definition) is 1. The lowest BCUT2D eigenvalue weighted by Crippen LogP contribution is -2.08. The van der Waals surface area contributed by atoms with Gasteiger partial charge in [-0.15, -0.1) is 0 Å². The van der Waals surface area contributed by atoms with Crippen molar-refractivity contribution in [1.29, 1.82) is 0 Å². The smallest absolute Gasteiger partial charge is 0.238 e. The molecule has 0 aliphatic rings. The molecule has 0 saturated heterocycles. The van der Waals surface area contributed by atoms with Crippen molar-refractivity contribution in [2.45, 2.75) is 6.92 Å². The normalized spacial score (nSPS) is 10.7. The number of ether oxygens (including phenoxy) is 3. The number of phenols is 1. The standard InChI is InChI=1S/C19H18O6/c1-10-7-12(20)16-15(8-10)25-18(19(24-4)17(16)21)11-5-6-13(22-2)14(9-11)23-3/h5-9,20H,1-4H3. The third-order valence-electron chi connectivity index (χ3n) is 3.93. The Bertz CT molecular complexity index is 1000. The first-order valence-corrected chi connectivity index (χ1v) is 7.57. The van der Waals surface area contributed by atoms with E-state index in [1.807, 2.05) is 0 Å². The van der Waals surface area contributed by atoms with E-state index in [9.17, 15) is 9.90 Å². The van der Waals surface area contributed by atoms with E-state index in [1.54, 1.807) is 38.3 Å². The van der Waals surface area contributed by atoms with Gasteiger partial charge in [0.2, 0.25) is 11.2 Å². The molecule has 3 aromatic rings. The second-order valence-corrected chi connectivity index (χ2v) is 5.52. The molecule has 0 bridgehead atoms. The van der Waals surface area contributed by atoms with Gasteiger partial charge in [0, 0.05) is 5.56 Å². The zero-order valence-electron chi connectivity index (χ0n) is 14.4. The zero-order chi connectivity index (χ0) is 18.1. The fourth-order valence-corrected chi connectivity index (χ4v) is 2.77. The van der Waals surface area contributed by atoms with E-state index in [0.717, 1.165) is 5.56 Å². The molecule has 0 aliphatic heterocycles. The average Bonchev–Trinajstić information content (AvgIpc) is 2.60. The van der Waals surface area contributed by atoms with Crippen molar-refractivity contribution in [1.82, 2.24) is 0 Å². The van der Waals surface area contributed by atoms with Crippen LogP contribution in [0.5, 0.6) is 23.0 Å². The lowest BCUT2D eigenvalue weighted by atomic mass is 10.1. The van der Waals surface area contributed by atoms with Gasteiger partial charge in [-0.1, -0.05) is 0 Å². The predicted molar refractivity (Wildman–Crippen MR) is 94.0 cm³/mol. The minimum atomic E-state index is -0.439. The Labute approximate surface area is 144 Å². The summed E-state index contributed by atoms with van der Waals surface area (Å²) in [5.41, 5.74) is 1.21. The first-order chi connectivity index (χ1) is 12.0. The van der Waals surface area contributed by atoms with Gasteiger partial charge in [0.15, 0.2) is 17.3 Å². The minimum Gasteiger partial charge on any atom is -0.507 e. The van der Waals surface area contributed by atoms with Crippen molar-refractivity contribution < 1.29 is 23.7 Å². The van der Waals surface area contributed by atoms with E-state index in [2.05, 4.69) is 0 Å². The summed E-state index contributed by atoms with van der Waals surface area (Å²) in [4.78, 5) is 12.8. The quantitative estimate of drug-likeness (QED) is 0.782. The third-order valence-corrected chi connectivity index (χ3v) is 3.93. The number of aromatic hydroxyl groups is 1. The van der Waals surface area contributed by atoms with Crippen molar-refractivity contribution in [3.05, 3.63) is 46.1 Å².